The Morgan fingerprint density at radius 2 is 1.81 bits per heavy atom. The number of benzene rings is 2. The summed E-state index contributed by atoms with van der Waals surface area (Å²) in [6.45, 7) is 1.95. The molecule has 2 aromatic carbocycles. The summed E-state index contributed by atoms with van der Waals surface area (Å²) in [6, 6.07) is 9.22. The first kappa shape index (κ1) is 17.1. The smallest absolute Gasteiger partial charge is 0.147 e. The molecule has 6 heteroatoms. The molecule has 0 aliphatic rings. The van der Waals surface area contributed by atoms with E-state index in [9.17, 15) is 0 Å². The van der Waals surface area contributed by atoms with Crippen LogP contribution in [0.2, 0.25) is 10.0 Å². The lowest BCUT2D eigenvalue weighted by Gasteiger charge is -2.15. The fourth-order valence-electron chi connectivity index (χ4n) is 1.85. The number of ether oxygens (including phenoxy) is 1. The normalized spacial score (nSPS) is 12.3. The predicted octanol–water partition coefficient (Wildman–Crippen LogP) is 6.20. The van der Waals surface area contributed by atoms with E-state index >= 15 is 0 Å². The zero-order valence-corrected chi connectivity index (χ0v) is 15.9. The van der Waals surface area contributed by atoms with Crippen LogP contribution in [0.15, 0.2) is 39.3 Å². The van der Waals surface area contributed by atoms with Crippen LogP contribution in [0.5, 0.6) is 11.5 Å². The monoisotopic (exact) mass is 451 g/mol. The van der Waals surface area contributed by atoms with Gasteiger partial charge in [-0.1, -0.05) is 39.1 Å². The molecule has 0 bridgehead atoms. The first-order valence-corrected chi connectivity index (χ1v) is 8.57. The highest BCUT2D eigenvalue weighted by Crippen LogP contribution is 2.38. The van der Waals surface area contributed by atoms with Crippen LogP contribution in [0.1, 0.15) is 12.5 Å². The molecule has 0 spiro atoms. The van der Waals surface area contributed by atoms with Gasteiger partial charge in [0.05, 0.1) is 10.0 Å². The van der Waals surface area contributed by atoms with Crippen LogP contribution >= 0.6 is 55.1 Å². The zero-order chi connectivity index (χ0) is 15.6. The van der Waals surface area contributed by atoms with Crippen LogP contribution in [0.3, 0.4) is 0 Å². The van der Waals surface area contributed by atoms with E-state index in [0.717, 1.165) is 20.3 Å². The molecular formula is C15H13Br2Cl2NO. The molecule has 2 N–H and O–H groups in total. The molecule has 2 aromatic rings. The maximum atomic E-state index is 6.19. The fourth-order valence-corrected chi connectivity index (χ4v) is 3.09. The molecule has 0 aromatic heterocycles. The first-order valence-electron chi connectivity index (χ1n) is 6.23. The maximum absolute atomic E-state index is 6.19. The van der Waals surface area contributed by atoms with Gasteiger partial charge < -0.3 is 10.5 Å². The fraction of sp³-hybridized carbons (Fsp3) is 0.200. The topological polar surface area (TPSA) is 35.2 Å². The minimum atomic E-state index is 0.0330. The lowest BCUT2D eigenvalue weighted by atomic mass is 10.1. The van der Waals surface area contributed by atoms with E-state index in [2.05, 4.69) is 31.9 Å². The van der Waals surface area contributed by atoms with E-state index in [1.54, 1.807) is 12.1 Å². The second-order valence-electron chi connectivity index (χ2n) is 4.73. The highest BCUT2D eigenvalue weighted by Gasteiger charge is 2.12. The lowest BCUT2D eigenvalue weighted by Crippen LogP contribution is -2.18. The van der Waals surface area contributed by atoms with Crippen molar-refractivity contribution in [3.05, 3.63) is 54.9 Å². The maximum Gasteiger partial charge on any atom is 0.147 e. The van der Waals surface area contributed by atoms with Gasteiger partial charge in [-0.05, 0) is 59.1 Å². The number of rotatable bonds is 4. The molecule has 1 atom stereocenters. The standard InChI is InChI=1S/C15H13Br2Cl2NO/c1-8(20)4-9-5-10(16)2-3-14(9)21-15-7-12(18)11(17)6-13(15)19/h2-3,5-8H,4,20H2,1H3. The molecule has 0 saturated carbocycles. The summed E-state index contributed by atoms with van der Waals surface area (Å²) in [5.74, 6) is 1.23. The van der Waals surface area contributed by atoms with Crippen LogP contribution in [-0.2, 0) is 6.42 Å². The minimum Gasteiger partial charge on any atom is -0.455 e. The van der Waals surface area contributed by atoms with Gasteiger partial charge in [0.1, 0.15) is 11.5 Å². The summed E-state index contributed by atoms with van der Waals surface area (Å²) in [5.41, 5.74) is 6.90. The minimum absolute atomic E-state index is 0.0330. The Balaban J connectivity index is 2.37. The van der Waals surface area contributed by atoms with E-state index in [0.29, 0.717) is 22.2 Å². The molecule has 0 radical (unpaired) electrons. The Labute approximate surface area is 150 Å². The van der Waals surface area contributed by atoms with Crippen LogP contribution in [0, 0.1) is 0 Å². The van der Waals surface area contributed by atoms with Crippen molar-refractivity contribution in [1.82, 2.24) is 0 Å². The van der Waals surface area contributed by atoms with E-state index in [1.165, 1.54) is 0 Å². The van der Waals surface area contributed by atoms with Crippen molar-refractivity contribution in [3.63, 3.8) is 0 Å². The lowest BCUT2D eigenvalue weighted by molar-refractivity contribution is 0.474. The summed E-state index contributed by atoms with van der Waals surface area (Å²) in [6.07, 6.45) is 0.705. The average Bonchev–Trinajstić information content (AvgIpc) is 2.38. The number of halogens is 4. The number of hydrogen-bond acceptors (Lipinski definition) is 2. The molecule has 0 aliphatic heterocycles. The van der Waals surface area contributed by atoms with Gasteiger partial charge in [-0.15, -0.1) is 0 Å². The van der Waals surface area contributed by atoms with E-state index in [4.69, 9.17) is 33.7 Å². The Bertz CT molecular complexity index is 662. The Kier molecular flexibility index (Phi) is 5.97. The highest BCUT2D eigenvalue weighted by molar-refractivity contribution is 9.10. The van der Waals surface area contributed by atoms with Crippen molar-refractivity contribution >= 4 is 55.1 Å². The second kappa shape index (κ2) is 7.34. The van der Waals surface area contributed by atoms with Gasteiger partial charge in [0.15, 0.2) is 0 Å². The van der Waals surface area contributed by atoms with Crippen molar-refractivity contribution in [3.8, 4) is 11.5 Å². The summed E-state index contributed by atoms with van der Waals surface area (Å²) < 4.78 is 7.63. The largest absolute Gasteiger partial charge is 0.455 e. The SMILES string of the molecule is CC(N)Cc1cc(Br)ccc1Oc1cc(Cl)c(Br)cc1Cl. The third-order valence-electron chi connectivity index (χ3n) is 2.76. The molecule has 1 unspecified atom stereocenters. The van der Waals surface area contributed by atoms with Crippen molar-refractivity contribution < 1.29 is 4.74 Å². The molecule has 2 nitrogen and oxygen atoms in total. The molecule has 0 saturated heterocycles. The average molecular weight is 454 g/mol. The van der Waals surface area contributed by atoms with Crippen LogP contribution < -0.4 is 10.5 Å². The van der Waals surface area contributed by atoms with Crippen LogP contribution in [0.25, 0.3) is 0 Å². The van der Waals surface area contributed by atoms with Crippen molar-refractivity contribution in [1.29, 1.82) is 0 Å². The molecule has 0 aliphatic carbocycles. The predicted molar refractivity (Wildman–Crippen MR) is 95.7 cm³/mol. The molecule has 0 amide bonds. The molecule has 0 heterocycles. The third-order valence-corrected chi connectivity index (χ3v) is 4.74. The molecule has 2 rings (SSSR count). The van der Waals surface area contributed by atoms with Gasteiger partial charge in [0, 0.05) is 21.1 Å². The van der Waals surface area contributed by atoms with Crippen LogP contribution in [0.4, 0.5) is 0 Å². The summed E-state index contributed by atoms with van der Waals surface area (Å²) in [5, 5.41) is 1.03. The quantitative estimate of drug-likeness (QED) is 0.559. The molecule has 112 valence electrons. The van der Waals surface area contributed by atoms with Crippen molar-refractivity contribution in [2.24, 2.45) is 5.73 Å². The Morgan fingerprint density at radius 3 is 2.48 bits per heavy atom. The van der Waals surface area contributed by atoms with Gasteiger partial charge in [-0.2, -0.15) is 0 Å². The van der Waals surface area contributed by atoms with Crippen molar-refractivity contribution in [2.75, 3.05) is 0 Å². The number of nitrogens with two attached hydrogens (primary N) is 1. The van der Waals surface area contributed by atoms with Crippen LogP contribution in [-0.4, -0.2) is 6.04 Å². The molecule has 0 fully saturated rings. The summed E-state index contributed by atoms with van der Waals surface area (Å²) in [7, 11) is 0. The number of hydrogen-bond donors (Lipinski definition) is 1. The highest BCUT2D eigenvalue weighted by atomic mass is 79.9. The molecule has 21 heavy (non-hydrogen) atoms. The van der Waals surface area contributed by atoms with Gasteiger partial charge in [-0.25, -0.2) is 0 Å². The van der Waals surface area contributed by atoms with E-state index < -0.39 is 0 Å². The molecular weight excluding hydrogens is 441 g/mol. The van der Waals surface area contributed by atoms with Gasteiger partial charge >= 0.3 is 0 Å². The van der Waals surface area contributed by atoms with E-state index in [1.807, 2.05) is 25.1 Å². The third kappa shape index (κ3) is 4.60. The van der Waals surface area contributed by atoms with Gasteiger partial charge in [0.2, 0.25) is 0 Å². The Morgan fingerprint density at radius 1 is 1.10 bits per heavy atom. The van der Waals surface area contributed by atoms with Crippen molar-refractivity contribution in [2.45, 2.75) is 19.4 Å². The zero-order valence-electron chi connectivity index (χ0n) is 11.2. The summed E-state index contributed by atoms with van der Waals surface area (Å²) in [4.78, 5) is 0. The Hall–Kier alpha value is -0.260. The van der Waals surface area contributed by atoms with Gasteiger partial charge in [0.25, 0.3) is 0 Å². The first-order chi connectivity index (χ1) is 9.86. The van der Waals surface area contributed by atoms with Gasteiger partial charge in [-0.3, -0.25) is 0 Å². The summed E-state index contributed by atoms with van der Waals surface area (Å²) >= 11 is 19.1. The van der Waals surface area contributed by atoms with E-state index in [-0.39, 0.29) is 6.04 Å². The second-order valence-corrected chi connectivity index (χ2v) is 7.32.